The maximum absolute atomic E-state index is 12.9. The van der Waals surface area contributed by atoms with Gasteiger partial charge in [0.1, 0.15) is 5.82 Å². The molecule has 0 radical (unpaired) electrons. The summed E-state index contributed by atoms with van der Waals surface area (Å²) in [5, 5.41) is 3.45. The molecule has 3 heteroatoms. The third kappa shape index (κ3) is 5.05. The SMILES string of the molecule is CCN(CC(C)CNC(C)C)c1ccc(F)cc1. The van der Waals surface area contributed by atoms with Crippen LogP contribution in [-0.4, -0.2) is 25.7 Å². The predicted octanol–water partition coefficient (Wildman–Crippen LogP) is 3.29. The van der Waals surface area contributed by atoms with Crippen molar-refractivity contribution in [3.8, 4) is 0 Å². The van der Waals surface area contributed by atoms with Crippen molar-refractivity contribution in [2.75, 3.05) is 24.5 Å². The summed E-state index contributed by atoms with van der Waals surface area (Å²) in [5.74, 6) is 0.390. The van der Waals surface area contributed by atoms with Crippen LogP contribution in [0.3, 0.4) is 0 Å². The van der Waals surface area contributed by atoms with Crippen LogP contribution >= 0.6 is 0 Å². The summed E-state index contributed by atoms with van der Waals surface area (Å²) in [6.45, 7) is 11.6. The van der Waals surface area contributed by atoms with Gasteiger partial charge in [0.2, 0.25) is 0 Å². The van der Waals surface area contributed by atoms with Crippen molar-refractivity contribution in [2.45, 2.75) is 33.7 Å². The van der Waals surface area contributed by atoms with Gasteiger partial charge in [-0.15, -0.1) is 0 Å². The Bertz CT molecular complexity index is 335. The molecule has 1 unspecified atom stereocenters. The van der Waals surface area contributed by atoms with E-state index in [0.717, 1.165) is 25.3 Å². The molecule has 102 valence electrons. The maximum atomic E-state index is 12.9. The lowest BCUT2D eigenvalue weighted by atomic mass is 10.1. The highest BCUT2D eigenvalue weighted by Crippen LogP contribution is 2.16. The molecule has 1 aromatic rings. The van der Waals surface area contributed by atoms with Crippen LogP contribution in [0.2, 0.25) is 0 Å². The molecule has 0 heterocycles. The summed E-state index contributed by atoms with van der Waals surface area (Å²) in [7, 11) is 0. The van der Waals surface area contributed by atoms with Crippen LogP contribution in [0.5, 0.6) is 0 Å². The molecule has 0 fully saturated rings. The van der Waals surface area contributed by atoms with Gasteiger partial charge in [0.25, 0.3) is 0 Å². The molecule has 0 saturated heterocycles. The predicted molar refractivity (Wildman–Crippen MR) is 76.6 cm³/mol. The maximum Gasteiger partial charge on any atom is 0.123 e. The molecule has 0 aliphatic carbocycles. The molecule has 0 aromatic heterocycles. The van der Waals surface area contributed by atoms with E-state index in [9.17, 15) is 4.39 Å². The minimum Gasteiger partial charge on any atom is -0.371 e. The van der Waals surface area contributed by atoms with Gasteiger partial charge in [0.15, 0.2) is 0 Å². The van der Waals surface area contributed by atoms with Crippen molar-refractivity contribution in [3.05, 3.63) is 30.1 Å². The van der Waals surface area contributed by atoms with Crippen molar-refractivity contribution in [2.24, 2.45) is 5.92 Å². The van der Waals surface area contributed by atoms with Gasteiger partial charge in [-0.2, -0.15) is 0 Å². The number of nitrogens with zero attached hydrogens (tertiary/aromatic N) is 1. The Balaban J connectivity index is 2.53. The van der Waals surface area contributed by atoms with Gasteiger partial charge in [0.05, 0.1) is 0 Å². The summed E-state index contributed by atoms with van der Waals surface area (Å²) in [5.41, 5.74) is 1.09. The molecule has 0 aliphatic heterocycles. The lowest BCUT2D eigenvalue weighted by molar-refractivity contribution is 0.473. The molecule has 1 aromatic carbocycles. The topological polar surface area (TPSA) is 15.3 Å². The van der Waals surface area contributed by atoms with E-state index in [2.05, 4.69) is 37.9 Å². The molecule has 1 rings (SSSR count). The average Bonchev–Trinajstić information content (AvgIpc) is 2.34. The van der Waals surface area contributed by atoms with Gasteiger partial charge in [-0.1, -0.05) is 20.8 Å². The van der Waals surface area contributed by atoms with Crippen LogP contribution in [0.1, 0.15) is 27.7 Å². The number of halogens is 1. The number of benzene rings is 1. The Labute approximate surface area is 110 Å². The van der Waals surface area contributed by atoms with Gasteiger partial charge >= 0.3 is 0 Å². The quantitative estimate of drug-likeness (QED) is 0.801. The molecular weight excluding hydrogens is 227 g/mol. The van der Waals surface area contributed by atoms with Crippen molar-refractivity contribution >= 4 is 5.69 Å². The fourth-order valence-corrected chi connectivity index (χ4v) is 1.95. The normalized spacial score (nSPS) is 12.8. The monoisotopic (exact) mass is 252 g/mol. The number of anilines is 1. The van der Waals surface area contributed by atoms with Crippen LogP contribution < -0.4 is 10.2 Å². The lowest BCUT2D eigenvalue weighted by Crippen LogP contribution is -2.35. The molecule has 1 N–H and O–H groups in total. The van der Waals surface area contributed by atoms with Crippen molar-refractivity contribution < 1.29 is 4.39 Å². The molecule has 2 nitrogen and oxygen atoms in total. The fraction of sp³-hybridized carbons (Fsp3) is 0.600. The van der Waals surface area contributed by atoms with E-state index in [1.807, 2.05) is 12.1 Å². The summed E-state index contributed by atoms with van der Waals surface area (Å²) in [6.07, 6.45) is 0. The number of rotatable bonds is 7. The summed E-state index contributed by atoms with van der Waals surface area (Å²) in [6, 6.07) is 7.26. The molecule has 0 saturated carbocycles. The minimum atomic E-state index is -0.177. The third-order valence-electron chi connectivity index (χ3n) is 2.98. The third-order valence-corrected chi connectivity index (χ3v) is 2.98. The first kappa shape index (κ1) is 15.0. The number of nitrogens with one attached hydrogen (secondary N) is 1. The molecule has 0 bridgehead atoms. The highest BCUT2D eigenvalue weighted by molar-refractivity contribution is 5.46. The van der Waals surface area contributed by atoms with Gasteiger partial charge in [0, 0.05) is 24.8 Å². The van der Waals surface area contributed by atoms with Crippen molar-refractivity contribution in [3.63, 3.8) is 0 Å². The molecule has 0 spiro atoms. The standard InChI is InChI=1S/C15H25FN2/c1-5-18(11-13(4)10-17-12(2)3)15-8-6-14(16)7-9-15/h6-9,12-13,17H,5,10-11H2,1-4H3. The number of hydrogen-bond donors (Lipinski definition) is 1. The van der Waals surface area contributed by atoms with Gasteiger partial charge in [-0.3, -0.25) is 0 Å². The zero-order chi connectivity index (χ0) is 13.5. The first-order valence-corrected chi connectivity index (χ1v) is 6.76. The van der Waals surface area contributed by atoms with Crippen LogP contribution in [0.15, 0.2) is 24.3 Å². The fourth-order valence-electron chi connectivity index (χ4n) is 1.95. The largest absolute Gasteiger partial charge is 0.371 e. The Morgan fingerprint density at radius 1 is 1.17 bits per heavy atom. The van der Waals surface area contributed by atoms with E-state index in [1.54, 1.807) is 0 Å². The highest BCUT2D eigenvalue weighted by atomic mass is 19.1. The second kappa shape index (κ2) is 7.37. The van der Waals surface area contributed by atoms with Gasteiger partial charge in [-0.25, -0.2) is 4.39 Å². The molecule has 18 heavy (non-hydrogen) atoms. The Morgan fingerprint density at radius 3 is 2.28 bits per heavy atom. The van der Waals surface area contributed by atoms with Crippen LogP contribution in [0.25, 0.3) is 0 Å². The van der Waals surface area contributed by atoms with Crippen LogP contribution in [0, 0.1) is 11.7 Å². The van der Waals surface area contributed by atoms with Crippen LogP contribution in [-0.2, 0) is 0 Å². The van der Waals surface area contributed by atoms with E-state index in [0.29, 0.717) is 12.0 Å². The number of hydrogen-bond acceptors (Lipinski definition) is 2. The second-order valence-corrected chi connectivity index (χ2v) is 5.18. The van der Waals surface area contributed by atoms with E-state index in [4.69, 9.17) is 0 Å². The van der Waals surface area contributed by atoms with Gasteiger partial charge < -0.3 is 10.2 Å². The smallest absolute Gasteiger partial charge is 0.123 e. The van der Waals surface area contributed by atoms with E-state index in [-0.39, 0.29) is 5.82 Å². The average molecular weight is 252 g/mol. The van der Waals surface area contributed by atoms with Crippen LogP contribution in [0.4, 0.5) is 10.1 Å². The first-order chi connectivity index (χ1) is 8.52. The summed E-state index contributed by atoms with van der Waals surface area (Å²) >= 11 is 0. The highest BCUT2D eigenvalue weighted by Gasteiger charge is 2.10. The Hall–Kier alpha value is -1.09. The van der Waals surface area contributed by atoms with E-state index >= 15 is 0 Å². The molecule has 1 atom stereocenters. The van der Waals surface area contributed by atoms with Gasteiger partial charge in [-0.05, 0) is 43.7 Å². The Kier molecular flexibility index (Phi) is 6.13. The van der Waals surface area contributed by atoms with E-state index in [1.165, 1.54) is 12.1 Å². The van der Waals surface area contributed by atoms with Crippen molar-refractivity contribution in [1.29, 1.82) is 0 Å². The molecule has 0 aliphatic rings. The minimum absolute atomic E-state index is 0.177. The second-order valence-electron chi connectivity index (χ2n) is 5.18. The zero-order valence-corrected chi connectivity index (χ0v) is 11.9. The molecular formula is C15H25FN2. The zero-order valence-electron chi connectivity index (χ0n) is 11.9. The lowest BCUT2D eigenvalue weighted by Gasteiger charge is -2.27. The summed E-state index contributed by atoms with van der Waals surface area (Å²) in [4.78, 5) is 2.28. The summed E-state index contributed by atoms with van der Waals surface area (Å²) < 4.78 is 12.9. The van der Waals surface area contributed by atoms with E-state index < -0.39 is 0 Å². The molecule has 0 amide bonds. The Morgan fingerprint density at radius 2 is 1.78 bits per heavy atom. The first-order valence-electron chi connectivity index (χ1n) is 6.76. The van der Waals surface area contributed by atoms with Crippen molar-refractivity contribution in [1.82, 2.24) is 5.32 Å².